The molecule has 0 radical (unpaired) electrons. The Hall–Kier alpha value is -3.35. The summed E-state index contributed by atoms with van der Waals surface area (Å²) < 4.78 is 11.0. The topological polar surface area (TPSA) is 101 Å². The first-order valence-electron chi connectivity index (χ1n) is 6.45. The molecule has 0 spiro atoms. The number of carbonyl (C=O) groups is 1. The zero-order valence-electron chi connectivity index (χ0n) is 11.1. The molecular formula is C15H9N3O4. The van der Waals surface area contributed by atoms with Gasteiger partial charge in [-0.15, -0.1) is 0 Å². The first kappa shape index (κ1) is 12.4. The predicted molar refractivity (Wildman–Crippen MR) is 78.3 cm³/mol. The van der Waals surface area contributed by atoms with Gasteiger partial charge in [0.15, 0.2) is 11.2 Å². The highest BCUT2D eigenvalue weighted by molar-refractivity contribution is 5.92. The van der Waals surface area contributed by atoms with Crippen LogP contribution in [0.3, 0.4) is 0 Å². The van der Waals surface area contributed by atoms with Crippen molar-refractivity contribution in [3.63, 3.8) is 0 Å². The van der Waals surface area contributed by atoms with Crippen molar-refractivity contribution in [1.29, 1.82) is 0 Å². The van der Waals surface area contributed by atoms with Crippen molar-refractivity contribution < 1.29 is 18.7 Å². The maximum Gasteiger partial charge on any atom is 0.335 e. The molecule has 2 aromatic heterocycles. The van der Waals surface area contributed by atoms with Crippen LogP contribution < -0.4 is 5.32 Å². The summed E-state index contributed by atoms with van der Waals surface area (Å²) >= 11 is 0. The Balaban J connectivity index is 1.70. The third kappa shape index (κ3) is 2.05. The molecular weight excluding hydrogens is 286 g/mol. The molecule has 2 N–H and O–H groups in total. The van der Waals surface area contributed by atoms with Gasteiger partial charge < -0.3 is 13.9 Å². The van der Waals surface area contributed by atoms with Crippen LogP contribution in [0.1, 0.15) is 10.4 Å². The minimum Gasteiger partial charge on any atom is -0.478 e. The van der Waals surface area contributed by atoms with Crippen molar-refractivity contribution in [3.8, 4) is 0 Å². The summed E-state index contributed by atoms with van der Waals surface area (Å²) in [7, 11) is 0. The van der Waals surface area contributed by atoms with Gasteiger partial charge >= 0.3 is 18.0 Å². The number of carboxylic acid groups (broad SMARTS) is 1. The van der Waals surface area contributed by atoms with E-state index in [1.807, 2.05) is 18.2 Å². The van der Waals surface area contributed by atoms with Crippen molar-refractivity contribution in [3.05, 3.63) is 48.0 Å². The fourth-order valence-corrected chi connectivity index (χ4v) is 2.13. The molecule has 108 valence electrons. The monoisotopic (exact) mass is 295 g/mol. The summed E-state index contributed by atoms with van der Waals surface area (Å²) in [5.41, 5.74) is 2.43. The molecule has 0 unspecified atom stereocenters. The molecule has 7 heteroatoms. The van der Waals surface area contributed by atoms with E-state index in [2.05, 4.69) is 15.3 Å². The highest BCUT2D eigenvalue weighted by Gasteiger charge is 2.12. The van der Waals surface area contributed by atoms with Crippen molar-refractivity contribution >= 4 is 40.2 Å². The first-order chi connectivity index (χ1) is 10.7. The van der Waals surface area contributed by atoms with Crippen LogP contribution >= 0.6 is 0 Å². The van der Waals surface area contributed by atoms with Gasteiger partial charge in [0.1, 0.15) is 11.0 Å². The summed E-state index contributed by atoms with van der Waals surface area (Å²) in [5, 5.41) is 11.8. The molecule has 0 saturated carbocycles. The Morgan fingerprint density at radius 3 is 2.36 bits per heavy atom. The average Bonchev–Trinajstić information content (AvgIpc) is 3.08. The van der Waals surface area contributed by atoms with E-state index in [4.69, 9.17) is 13.9 Å². The molecule has 0 fully saturated rings. The van der Waals surface area contributed by atoms with E-state index >= 15 is 0 Å². The van der Waals surface area contributed by atoms with Gasteiger partial charge in [-0.2, -0.15) is 9.97 Å². The number of carboxylic acids is 1. The lowest BCUT2D eigenvalue weighted by molar-refractivity contribution is 0.0697. The van der Waals surface area contributed by atoms with Gasteiger partial charge in [-0.05, 0) is 30.3 Å². The van der Waals surface area contributed by atoms with Crippen molar-refractivity contribution in [2.75, 3.05) is 5.32 Å². The smallest absolute Gasteiger partial charge is 0.335 e. The molecule has 2 heterocycles. The van der Waals surface area contributed by atoms with Gasteiger partial charge in [0.25, 0.3) is 0 Å². The normalized spacial score (nSPS) is 11.1. The maximum absolute atomic E-state index is 10.9. The molecule has 0 amide bonds. The van der Waals surface area contributed by atoms with Crippen molar-refractivity contribution in [2.24, 2.45) is 0 Å². The number of benzene rings is 2. The van der Waals surface area contributed by atoms with Crippen molar-refractivity contribution in [1.82, 2.24) is 9.97 Å². The van der Waals surface area contributed by atoms with E-state index in [1.165, 1.54) is 12.1 Å². The van der Waals surface area contributed by atoms with Crippen LogP contribution in [0, 0.1) is 0 Å². The maximum atomic E-state index is 10.9. The number of aromatic carboxylic acids is 1. The van der Waals surface area contributed by atoms with Crippen LogP contribution in [-0.4, -0.2) is 21.0 Å². The Morgan fingerprint density at radius 1 is 0.955 bits per heavy atom. The zero-order chi connectivity index (χ0) is 15.1. The summed E-state index contributed by atoms with van der Waals surface area (Å²) in [4.78, 5) is 19.4. The number of oxazole rings is 2. The van der Waals surface area contributed by atoms with Crippen LogP contribution in [0.25, 0.3) is 22.2 Å². The number of nitrogens with zero attached hydrogens (tertiary/aromatic N) is 2. The Morgan fingerprint density at radius 2 is 1.64 bits per heavy atom. The highest BCUT2D eigenvalue weighted by atomic mass is 16.4. The Bertz CT molecular complexity index is 969. The summed E-state index contributed by atoms with van der Waals surface area (Å²) in [6.07, 6.45) is 0. The molecule has 0 saturated heterocycles. The number of hydrogen-bond donors (Lipinski definition) is 2. The molecule has 2 aromatic carbocycles. The second-order valence-corrected chi connectivity index (χ2v) is 4.62. The molecule has 0 bridgehead atoms. The number of aromatic nitrogens is 2. The molecule has 0 aliphatic rings. The lowest BCUT2D eigenvalue weighted by Crippen LogP contribution is -1.94. The number of para-hydroxylation sites is 2. The number of hydrogen-bond acceptors (Lipinski definition) is 6. The number of nitrogens with one attached hydrogen (secondary N) is 1. The van der Waals surface area contributed by atoms with Crippen LogP contribution in [0.2, 0.25) is 0 Å². The molecule has 0 atom stereocenters. The lowest BCUT2D eigenvalue weighted by Gasteiger charge is -1.92. The van der Waals surface area contributed by atoms with E-state index in [-0.39, 0.29) is 17.6 Å². The van der Waals surface area contributed by atoms with Gasteiger partial charge in [0, 0.05) is 0 Å². The second-order valence-electron chi connectivity index (χ2n) is 4.62. The van der Waals surface area contributed by atoms with Gasteiger partial charge in [0.2, 0.25) is 0 Å². The van der Waals surface area contributed by atoms with E-state index < -0.39 is 5.97 Å². The van der Waals surface area contributed by atoms with Crippen LogP contribution in [0.15, 0.2) is 51.3 Å². The average molecular weight is 295 g/mol. The number of fused-ring (bicyclic) bond motifs is 2. The zero-order valence-corrected chi connectivity index (χ0v) is 11.1. The molecule has 22 heavy (non-hydrogen) atoms. The molecule has 0 aliphatic carbocycles. The number of anilines is 2. The second kappa shape index (κ2) is 4.59. The highest BCUT2D eigenvalue weighted by Crippen LogP contribution is 2.25. The summed E-state index contributed by atoms with van der Waals surface area (Å²) in [6.45, 7) is 0. The van der Waals surface area contributed by atoms with Crippen LogP contribution in [0.5, 0.6) is 0 Å². The third-order valence-electron chi connectivity index (χ3n) is 3.14. The molecule has 0 aliphatic heterocycles. The van der Waals surface area contributed by atoms with Gasteiger partial charge in [-0.1, -0.05) is 12.1 Å². The Labute approximate surface area is 123 Å². The van der Waals surface area contributed by atoms with Gasteiger partial charge in [0.05, 0.1) is 5.56 Å². The lowest BCUT2D eigenvalue weighted by atomic mass is 10.2. The van der Waals surface area contributed by atoms with Gasteiger partial charge in [-0.3, -0.25) is 5.32 Å². The van der Waals surface area contributed by atoms with E-state index in [0.717, 1.165) is 0 Å². The fraction of sp³-hybridized carbons (Fsp3) is 0. The van der Waals surface area contributed by atoms with Crippen molar-refractivity contribution in [2.45, 2.75) is 0 Å². The minimum absolute atomic E-state index is 0.147. The molecule has 4 rings (SSSR count). The molecule has 7 nitrogen and oxygen atoms in total. The first-order valence-corrected chi connectivity index (χ1v) is 6.45. The third-order valence-corrected chi connectivity index (χ3v) is 3.14. The summed E-state index contributed by atoms with van der Waals surface area (Å²) in [6, 6.07) is 12.2. The summed E-state index contributed by atoms with van der Waals surface area (Å²) in [5.74, 6) is -1.02. The fourth-order valence-electron chi connectivity index (χ4n) is 2.13. The van der Waals surface area contributed by atoms with E-state index in [9.17, 15) is 4.79 Å². The standard InChI is InChI=1S/C15H9N3O4/c19-13(20)8-5-6-12-10(7-8)17-15(22-12)18-14-16-9-3-1-2-4-11(9)21-14/h1-7H,(H,19,20)(H,16,17,18). The molecule has 4 aromatic rings. The minimum atomic E-state index is -1.02. The predicted octanol–water partition coefficient (Wildman–Crippen LogP) is 3.41. The number of rotatable bonds is 3. The van der Waals surface area contributed by atoms with Crippen LogP contribution in [-0.2, 0) is 0 Å². The quantitative estimate of drug-likeness (QED) is 0.597. The largest absolute Gasteiger partial charge is 0.478 e. The van der Waals surface area contributed by atoms with Gasteiger partial charge in [-0.25, -0.2) is 4.79 Å². The van der Waals surface area contributed by atoms with E-state index in [0.29, 0.717) is 22.2 Å². The van der Waals surface area contributed by atoms with E-state index in [1.54, 1.807) is 12.1 Å². The Kier molecular flexibility index (Phi) is 2.59. The SMILES string of the molecule is O=C(O)c1ccc2oc(Nc3nc4ccccc4o3)nc2c1. The van der Waals surface area contributed by atoms with Crippen LogP contribution in [0.4, 0.5) is 12.0 Å².